The SMILES string of the molecule is Nc1ccc(C2CCCC2)c(N)c1. The average Bonchev–Trinajstić information content (AvgIpc) is 2.56. The van der Waals surface area contributed by atoms with Crippen LogP contribution in [0.5, 0.6) is 0 Å². The molecule has 0 spiro atoms. The zero-order chi connectivity index (χ0) is 9.26. The van der Waals surface area contributed by atoms with Gasteiger partial charge in [0.1, 0.15) is 0 Å². The zero-order valence-corrected chi connectivity index (χ0v) is 7.79. The lowest BCUT2D eigenvalue weighted by Gasteiger charge is -2.12. The Morgan fingerprint density at radius 2 is 1.77 bits per heavy atom. The van der Waals surface area contributed by atoms with Crippen LogP contribution in [0.4, 0.5) is 11.4 Å². The third-order valence-electron chi connectivity index (χ3n) is 2.91. The Morgan fingerprint density at radius 1 is 1.08 bits per heavy atom. The second kappa shape index (κ2) is 3.29. The summed E-state index contributed by atoms with van der Waals surface area (Å²) in [7, 11) is 0. The molecule has 2 nitrogen and oxygen atoms in total. The van der Waals surface area contributed by atoms with Crippen LogP contribution in [0.1, 0.15) is 37.2 Å². The molecule has 0 unspecified atom stereocenters. The molecule has 2 heteroatoms. The minimum atomic E-state index is 0.681. The lowest BCUT2D eigenvalue weighted by Crippen LogP contribution is -2.00. The van der Waals surface area contributed by atoms with E-state index in [0.717, 1.165) is 11.4 Å². The van der Waals surface area contributed by atoms with Gasteiger partial charge in [0.05, 0.1) is 0 Å². The van der Waals surface area contributed by atoms with Crippen LogP contribution in [0.3, 0.4) is 0 Å². The molecule has 0 atom stereocenters. The Kier molecular flexibility index (Phi) is 2.13. The van der Waals surface area contributed by atoms with Gasteiger partial charge in [0.15, 0.2) is 0 Å². The normalized spacial score (nSPS) is 17.8. The molecule has 1 aromatic rings. The topological polar surface area (TPSA) is 52.0 Å². The van der Waals surface area contributed by atoms with Crippen LogP contribution in [0.25, 0.3) is 0 Å². The van der Waals surface area contributed by atoms with E-state index in [1.54, 1.807) is 0 Å². The quantitative estimate of drug-likeness (QED) is 0.646. The molecule has 0 radical (unpaired) electrons. The number of benzene rings is 1. The van der Waals surface area contributed by atoms with Crippen molar-refractivity contribution in [2.45, 2.75) is 31.6 Å². The minimum Gasteiger partial charge on any atom is -0.399 e. The first-order valence-electron chi connectivity index (χ1n) is 4.92. The van der Waals surface area contributed by atoms with E-state index in [9.17, 15) is 0 Å². The first-order chi connectivity index (χ1) is 6.27. The molecule has 0 saturated heterocycles. The van der Waals surface area contributed by atoms with Crippen LogP contribution in [0.15, 0.2) is 18.2 Å². The van der Waals surface area contributed by atoms with E-state index in [0.29, 0.717) is 5.92 Å². The first-order valence-corrected chi connectivity index (χ1v) is 4.92. The summed E-state index contributed by atoms with van der Waals surface area (Å²) in [4.78, 5) is 0. The monoisotopic (exact) mass is 176 g/mol. The van der Waals surface area contributed by atoms with Crippen molar-refractivity contribution in [1.82, 2.24) is 0 Å². The smallest absolute Gasteiger partial charge is 0.0370 e. The van der Waals surface area contributed by atoms with Gasteiger partial charge in [-0.3, -0.25) is 0 Å². The second-order valence-electron chi connectivity index (χ2n) is 3.87. The van der Waals surface area contributed by atoms with E-state index < -0.39 is 0 Å². The molecule has 0 heterocycles. The maximum absolute atomic E-state index is 5.92. The molecule has 1 fully saturated rings. The molecule has 0 bridgehead atoms. The van der Waals surface area contributed by atoms with Gasteiger partial charge >= 0.3 is 0 Å². The predicted octanol–water partition coefficient (Wildman–Crippen LogP) is 2.51. The maximum atomic E-state index is 5.92. The number of nitrogen functional groups attached to an aromatic ring is 2. The highest BCUT2D eigenvalue weighted by Gasteiger charge is 2.18. The molecular weight excluding hydrogens is 160 g/mol. The van der Waals surface area contributed by atoms with Gasteiger partial charge in [-0.1, -0.05) is 18.9 Å². The van der Waals surface area contributed by atoms with E-state index in [2.05, 4.69) is 6.07 Å². The fraction of sp³-hybridized carbons (Fsp3) is 0.455. The van der Waals surface area contributed by atoms with E-state index in [4.69, 9.17) is 11.5 Å². The molecule has 1 aliphatic rings. The Hall–Kier alpha value is -1.18. The van der Waals surface area contributed by atoms with Crippen molar-refractivity contribution in [3.05, 3.63) is 23.8 Å². The molecule has 0 aliphatic heterocycles. The molecule has 1 aromatic carbocycles. The summed E-state index contributed by atoms with van der Waals surface area (Å²) >= 11 is 0. The van der Waals surface area contributed by atoms with E-state index in [-0.39, 0.29) is 0 Å². The lowest BCUT2D eigenvalue weighted by atomic mass is 9.96. The van der Waals surface area contributed by atoms with Crippen molar-refractivity contribution in [3.63, 3.8) is 0 Å². The predicted molar refractivity (Wildman–Crippen MR) is 56.5 cm³/mol. The summed E-state index contributed by atoms with van der Waals surface area (Å²) in [5, 5.41) is 0. The summed E-state index contributed by atoms with van der Waals surface area (Å²) in [6.07, 6.45) is 5.26. The summed E-state index contributed by atoms with van der Waals surface area (Å²) in [5.41, 5.74) is 14.5. The first kappa shape index (κ1) is 8.42. The van der Waals surface area contributed by atoms with Crippen LogP contribution in [-0.4, -0.2) is 0 Å². The van der Waals surface area contributed by atoms with Gasteiger partial charge in [-0.2, -0.15) is 0 Å². The van der Waals surface area contributed by atoms with Crippen LogP contribution in [-0.2, 0) is 0 Å². The largest absolute Gasteiger partial charge is 0.399 e. The number of nitrogens with two attached hydrogens (primary N) is 2. The summed E-state index contributed by atoms with van der Waals surface area (Å²) < 4.78 is 0. The molecule has 0 aromatic heterocycles. The minimum absolute atomic E-state index is 0.681. The molecule has 0 amide bonds. The summed E-state index contributed by atoms with van der Waals surface area (Å²) in [5.74, 6) is 0.681. The highest BCUT2D eigenvalue weighted by Crippen LogP contribution is 2.37. The van der Waals surface area contributed by atoms with Crippen molar-refractivity contribution in [1.29, 1.82) is 0 Å². The van der Waals surface area contributed by atoms with Gasteiger partial charge in [0, 0.05) is 11.4 Å². The molecule has 4 N–H and O–H groups in total. The molecule has 1 aliphatic carbocycles. The third kappa shape index (κ3) is 1.62. The van der Waals surface area contributed by atoms with Gasteiger partial charge in [-0.15, -0.1) is 0 Å². The Labute approximate surface area is 78.9 Å². The average molecular weight is 176 g/mol. The van der Waals surface area contributed by atoms with Crippen LogP contribution in [0.2, 0.25) is 0 Å². The van der Waals surface area contributed by atoms with Crippen LogP contribution >= 0.6 is 0 Å². The number of anilines is 2. The van der Waals surface area contributed by atoms with Crippen molar-refractivity contribution in [3.8, 4) is 0 Å². The van der Waals surface area contributed by atoms with E-state index in [1.807, 2.05) is 12.1 Å². The van der Waals surface area contributed by atoms with Crippen molar-refractivity contribution in [2.75, 3.05) is 11.5 Å². The summed E-state index contributed by atoms with van der Waals surface area (Å²) in [6, 6.07) is 5.90. The molecule has 70 valence electrons. The van der Waals surface area contributed by atoms with Crippen LogP contribution in [0, 0.1) is 0 Å². The van der Waals surface area contributed by atoms with Gasteiger partial charge in [0.25, 0.3) is 0 Å². The molecular formula is C11H16N2. The fourth-order valence-electron chi connectivity index (χ4n) is 2.20. The molecule has 1 saturated carbocycles. The van der Waals surface area contributed by atoms with Crippen LogP contribution < -0.4 is 11.5 Å². The Balaban J connectivity index is 2.29. The summed E-state index contributed by atoms with van der Waals surface area (Å²) in [6.45, 7) is 0. The Bertz CT molecular complexity index is 301. The second-order valence-corrected chi connectivity index (χ2v) is 3.87. The van der Waals surface area contributed by atoms with Gasteiger partial charge in [-0.05, 0) is 36.5 Å². The number of hydrogen-bond acceptors (Lipinski definition) is 2. The highest BCUT2D eigenvalue weighted by atomic mass is 14.6. The maximum Gasteiger partial charge on any atom is 0.0370 e. The van der Waals surface area contributed by atoms with Crippen molar-refractivity contribution < 1.29 is 0 Å². The Morgan fingerprint density at radius 3 is 2.38 bits per heavy atom. The van der Waals surface area contributed by atoms with E-state index >= 15 is 0 Å². The highest BCUT2D eigenvalue weighted by molar-refractivity contribution is 5.57. The molecule has 2 rings (SSSR count). The van der Waals surface area contributed by atoms with Gasteiger partial charge in [0.2, 0.25) is 0 Å². The van der Waals surface area contributed by atoms with Crippen molar-refractivity contribution >= 4 is 11.4 Å². The zero-order valence-electron chi connectivity index (χ0n) is 7.79. The molecule has 13 heavy (non-hydrogen) atoms. The number of hydrogen-bond donors (Lipinski definition) is 2. The number of rotatable bonds is 1. The standard InChI is InChI=1S/C11H16N2/c12-9-5-6-10(11(13)7-9)8-3-1-2-4-8/h5-8H,1-4,12-13H2. The van der Waals surface area contributed by atoms with E-state index in [1.165, 1.54) is 31.2 Å². The fourth-order valence-corrected chi connectivity index (χ4v) is 2.20. The van der Waals surface area contributed by atoms with Crippen molar-refractivity contribution in [2.24, 2.45) is 0 Å². The van der Waals surface area contributed by atoms with Gasteiger partial charge < -0.3 is 11.5 Å². The third-order valence-corrected chi connectivity index (χ3v) is 2.91. The van der Waals surface area contributed by atoms with Gasteiger partial charge in [-0.25, -0.2) is 0 Å². The lowest BCUT2D eigenvalue weighted by molar-refractivity contribution is 0.726.